The van der Waals surface area contributed by atoms with Crippen molar-refractivity contribution in [1.82, 2.24) is 9.97 Å². The standard InChI is InChI=1S/C18H24N4O2/c1-14-9-11-21-17(13-14)22(16-8-4-5-10-20-16)12-6-2-3-7-15(23)18(19)24/h4-5,8-11,13,15,23H,2-3,6-7,12H2,1H3,(H2,19,24). The van der Waals surface area contributed by atoms with Crippen LogP contribution in [0.1, 0.15) is 31.2 Å². The first-order valence-electron chi connectivity index (χ1n) is 8.16. The third kappa shape index (κ3) is 5.31. The van der Waals surface area contributed by atoms with Crippen LogP contribution in [0.2, 0.25) is 0 Å². The second-order valence-corrected chi connectivity index (χ2v) is 5.80. The van der Waals surface area contributed by atoms with Gasteiger partial charge in [-0.15, -0.1) is 0 Å². The summed E-state index contributed by atoms with van der Waals surface area (Å²) in [6.07, 6.45) is 5.46. The Balaban J connectivity index is 1.96. The monoisotopic (exact) mass is 328 g/mol. The summed E-state index contributed by atoms with van der Waals surface area (Å²) in [5.41, 5.74) is 6.20. The van der Waals surface area contributed by atoms with E-state index in [2.05, 4.69) is 14.9 Å². The van der Waals surface area contributed by atoms with Crippen molar-refractivity contribution in [2.24, 2.45) is 5.73 Å². The number of pyridine rings is 2. The summed E-state index contributed by atoms with van der Waals surface area (Å²) < 4.78 is 0. The first-order chi connectivity index (χ1) is 11.6. The molecule has 1 atom stereocenters. The molecule has 0 aromatic carbocycles. The molecule has 128 valence electrons. The van der Waals surface area contributed by atoms with Gasteiger partial charge in [-0.2, -0.15) is 0 Å². The van der Waals surface area contributed by atoms with E-state index in [1.54, 1.807) is 12.4 Å². The summed E-state index contributed by atoms with van der Waals surface area (Å²) in [5, 5.41) is 9.42. The number of amides is 1. The fourth-order valence-corrected chi connectivity index (χ4v) is 2.45. The van der Waals surface area contributed by atoms with Gasteiger partial charge >= 0.3 is 0 Å². The van der Waals surface area contributed by atoms with Gasteiger partial charge in [0.1, 0.15) is 17.7 Å². The molecule has 6 nitrogen and oxygen atoms in total. The zero-order valence-electron chi connectivity index (χ0n) is 13.9. The summed E-state index contributed by atoms with van der Waals surface area (Å²) in [6.45, 7) is 2.80. The number of aromatic nitrogens is 2. The Kier molecular flexibility index (Phi) is 6.69. The number of hydrogen-bond acceptors (Lipinski definition) is 5. The number of carbonyl (C=O) groups is 1. The number of anilines is 2. The number of carbonyl (C=O) groups excluding carboxylic acids is 1. The van der Waals surface area contributed by atoms with Gasteiger partial charge in [-0.25, -0.2) is 9.97 Å². The molecular formula is C18H24N4O2. The van der Waals surface area contributed by atoms with Crippen molar-refractivity contribution in [2.75, 3.05) is 11.4 Å². The van der Waals surface area contributed by atoms with E-state index in [1.807, 2.05) is 37.3 Å². The Labute approximate surface area is 142 Å². The van der Waals surface area contributed by atoms with Crippen molar-refractivity contribution < 1.29 is 9.90 Å². The van der Waals surface area contributed by atoms with Crippen molar-refractivity contribution >= 4 is 17.5 Å². The molecular weight excluding hydrogens is 304 g/mol. The molecule has 0 bridgehead atoms. The minimum atomic E-state index is -1.05. The van der Waals surface area contributed by atoms with Crippen LogP contribution in [0.5, 0.6) is 0 Å². The molecule has 6 heteroatoms. The van der Waals surface area contributed by atoms with E-state index in [-0.39, 0.29) is 0 Å². The van der Waals surface area contributed by atoms with Crippen LogP contribution < -0.4 is 10.6 Å². The number of nitrogens with zero attached hydrogens (tertiary/aromatic N) is 3. The molecule has 1 unspecified atom stereocenters. The lowest BCUT2D eigenvalue weighted by molar-refractivity contribution is -0.126. The van der Waals surface area contributed by atoms with E-state index in [0.717, 1.165) is 43.0 Å². The van der Waals surface area contributed by atoms with Crippen molar-refractivity contribution in [3.05, 3.63) is 48.3 Å². The SMILES string of the molecule is Cc1ccnc(N(CCCCCC(O)C(N)=O)c2ccccn2)c1. The minimum absolute atomic E-state index is 0.404. The lowest BCUT2D eigenvalue weighted by Crippen LogP contribution is -2.28. The highest BCUT2D eigenvalue weighted by Gasteiger charge is 2.13. The number of unbranched alkanes of at least 4 members (excludes halogenated alkanes) is 2. The zero-order valence-corrected chi connectivity index (χ0v) is 13.9. The fourth-order valence-electron chi connectivity index (χ4n) is 2.45. The van der Waals surface area contributed by atoms with E-state index in [9.17, 15) is 9.90 Å². The summed E-state index contributed by atoms with van der Waals surface area (Å²) in [6, 6.07) is 9.79. The average Bonchev–Trinajstić information content (AvgIpc) is 2.58. The van der Waals surface area contributed by atoms with Crippen LogP contribution in [0.25, 0.3) is 0 Å². The number of primary amides is 1. The molecule has 3 N–H and O–H groups in total. The Hall–Kier alpha value is -2.47. The molecule has 0 saturated heterocycles. The third-order valence-electron chi connectivity index (χ3n) is 3.79. The minimum Gasteiger partial charge on any atom is -0.383 e. The van der Waals surface area contributed by atoms with Crippen LogP contribution in [0, 0.1) is 6.92 Å². The van der Waals surface area contributed by atoms with Crippen LogP contribution in [0.3, 0.4) is 0 Å². The highest BCUT2D eigenvalue weighted by atomic mass is 16.3. The molecule has 0 radical (unpaired) electrons. The first-order valence-corrected chi connectivity index (χ1v) is 8.16. The topological polar surface area (TPSA) is 92.3 Å². The Morgan fingerprint density at radius 1 is 1.17 bits per heavy atom. The molecule has 0 fully saturated rings. The number of aliphatic hydroxyl groups excluding tert-OH is 1. The van der Waals surface area contributed by atoms with Crippen LogP contribution in [-0.4, -0.2) is 33.6 Å². The van der Waals surface area contributed by atoms with Crippen LogP contribution in [0.4, 0.5) is 11.6 Å². The number of hydrogen-bond donors (Lipinski definition) is 2. The van der Waals surface area contributed by atoms with E-state index in [1.165, 1.54) is 0 Å². The predicted octanol–water partition coefficient (Wildman–Crippen LogP) is 2.33. The molecule has 0 aliphatic rings. The maximum atomic E-state index is 10.8. The lowest BCUT2D eigenvalue weighted by Gasteiger charge is -2.23. The van der Waals surface area contributed by atoms with E-state index < -0.39 is 12.0 Å². The fraction of sp³-hybridized carbons (Fsp3) is 0.389. The molecule has 2 aromatic heterocycles. The zero-order chi connectivity index (χ0) is 17.4. The predicted molar refractivity (Wildman–Crippen MR) is 93.9 cm³/mol. The summed E-state index contributed by atoms with van der Waals surface area (Å²) in [5.74, 6) is 1.06. The van der Waals surface area contributed by atoms with Gasteiger partial charge in [0.25, 0.3) is 0 Å². The lowest BCUT2D eigenvalue weighted by atomic mass is 10.1. The highest BCUT2D eigenvalue weighted by molar-refractivity contribution is 5.78. The average molecular weight is 328 g/mol. The van der Waals surface area contributed by atoms with Gasteiger partial charge in [-0.3, -0.25) is 4.79 Å². The third-order valence-corrected chi connectivity index (χ3v) is 3.79. The van der Waals surface area contributed by atoms with Crippen molar-refractivity contribution in [1.29, 1.82) is 0 Å². The molecule has 1 amide bonds. The van der Waals surface area contributed by atoms with Gasteiger partial charge in [0, 0.05) is 18.9 Å². The smallest absolute Gasteiger partial charge is 0.246 e. The van der Waals surface area contributed by atoms with E-state index in [4.69, 9.17) is 5.73 Å². The molecule has 24 heavy (non-hydrogen) atoms. The molecule has 0 saturated carbocycles. The van der Waals surface area contributed by atoms with Crippen molar-refractivity contribution in [2.45, 2.75) is 38.7 Å². The van der Waals surface area contributed by atoms with Gasteiger partial charge in [0.2, 0.25) is 5.91 Å². The molecule has 2 rings (SSSR count). The molecule has 0 aliphatic carbocycles. The highest BCUT2D eigenvalue weighted by Crippen LogP contribution is 2.22. The van der Waals surface area contributed by atoms with Gasteiger partial charge in [-0.05, 0) is 49.6 Å². The van der Waals surface area contributed by atoms with Gasteiger partial charge in [0.15, 0.2) is 0 Å². The summed E-state index contributed by atoms with van der Waals surface area (Å²) in [4.78, 5) is 21.8. The maximum absolute atomic E-state index is 10.8. The number of aliphatic hydroxyl groups is 1. The van der Waals surface area contributed by atoms with Gasteiger partial charge in [0.05, 0.1) is 0 Å². The van der Waals surface area contributed by atoms with Gasteiger partial charge < -0.3 is 15.7 Å². The summed E-state index contributed by atoms with van der Waals surface area (Å²) >= 11 is 0. The van der Waals surface area contributed by atoms with Gasteiger partial charge in [-0.1, -0.05) is 18.9 Å². The Morgan fingerprint density at radius 2 is 1.96 bits per heavy atom. The van der Waals surface area contributed by atoms with E-state index >= 15 is 0 Å². The molecule has 2 aromatic rings. The quantitative estimate of drug-likeness (QED) is 0.689. The van der Waals surface area contributed by atoms with E-state index in [0.29, 0.717) is 6.42 Å². The largest absolute Gasteiger partial charge is 0.383 e. The van der Waals surface area contributed by atoms with Crippen molar-refractivity contribution in [3.63, 3.8) is 0 Å². The first kappa shape index (κ1) is 17.9. The molecule has 0 spiro atoms. The summed E-state index contributed by atoms with van der Waals surface area (Å²) in [7, 11) is 0. The molecule has 0 aliphatic heterocycles. The Bertz CT molecular complexity index is 648. The van der Waals surface area contributed by atoms with Crippen LogP contribution >= 0.6 is 0 Å². The van der Waals surface area contributed by atoms with Crippen molar-refractivity contribution in [3.8, 4) is 0 Å². The number of rotatable bonds is 9. The number of nitrogens with two attached hydrogens (primary N) is 1. The number of aryl methyl sites for hydroxylation is 1. The molecule has 2 heterocycles. The second kappa shape index (κ2) is 8.98. The maximum Gasteiger partial charge on any atom is 0.246 e. The Morgan fingerprint density at radius 3 is 2.62 bits per heavy atom. The second-order valence-electron chi connectivity index (χ2n) is 5.80. The normalized spacial score (nSPS) is 11.9. The van der Waals surface area contributed by atoms with Crippen LogP contribution in [0.15, 0.2) is 42.7 Å². The van der Waals surface area contributed by atoms with Crippen LogP contribution in [-0.2, 0) is 4.79 Å².